The van der Waals surface area contributed by atoms with E-state index >= 15 is 0 Å². The van der Waals surface area contributed by atoms with E-state index < -0.39 is 0 Å². The Bertz CT molecular complexity index is 695. The van der Waals surface area contributed by atoms with E-state index in [2.05, 4.69) is 11.4 Å². The Morgan fingerprint density at radius 1 is 1.17 bits per heavy atom. The third-order valence-electron chi connectivity index (χ3n) is 4.23. The molecule has 0 spiro atoms. The van der Waals surface area contributed by atoms with Crippen LogP contribution in [-0.2, 0) is 24.1 Å². The van der Waals surface area contributed by atoms with Crippen molar-refractivity contribution in [3.05, 3.63) is 59.2 Å². The normalized spacial score (nSPS) is 12.9. The highest BCUT2D eigenvalue weighted by Crippen LogP contribution is 2.25. The van der Waals surface area contributed by atoms with Gasteiger partial charge in [0.2, 0.25) is 5.91 Å². The molecule has 4 nitrogen and oxygen atoms in total. The summed E-state index contributed by atoms with van der Waals surface area (Å²) in [5.41, 5.74) is 3.44. The van der Waals surface area contributed by atoms with Gasteiger partial charge in [0.25, 0.3) is 0 Å². The number of ether oxygens (including phenoxy) is 2. The molecule has 3 rings (SSSR count). The van der Waals surface area contributed by atoms with Crippen molar-refractivity contribution in [3.8, 4) is 11.5 Å². The van der Waals surface area contributed by atoms with E-state index in [1.165, 1.54) is 11.1 Å². The van der Waals surface area contributed by atoms with E-state index in [1.54, 1.807) is 7.11 Å². The van der Waals surface area contributed by atoms with Gasteiger partial charge in [-0.05, 0) is 54.2 Å². The minimum atomic E-state index is 0.0557. The second-order valence-electron chi connectivity index (χ2n) is 6.02. The van der Waals surface area contributed by atoms with Crippen LogP contribution in [0.3, 0.4) is 0 Å². The molecule has 1 N–H and O–H groups in total. The third-order valence-corrected chi connectivity index (χ3v) is 4.23. The number of methoxy groups -OCH3 is 1. The lowest BCUT2D eigenvalue weighted by atomic mass is 10.0. The van der Waals surface area contributed by atoms with E-state index in [9.17, 15) is 4.79 Å². The quantitative estimate of drug-likeness (QED) is 0.888. The maximum Gasteiger partial charge on any atom is 0.224 e. The summed E-state index contributed by atoms with van der Waals surface area (Å²) in [6.07, 6.45) is 3.30. The monoisotopic (exact) mass is 325 g/mol. The fourth-order valence-corrected chi connectivity index (χ4v) is 2.91. The van der Waals surface area contributed by atoms with Crippen molar-refractivity contribution in [1.82, 2.24) is 5.32 Å². The Kier molecular flexibility index (Phi) is 5.36. The molecule has 1 amide bonds. The number of aryl methyl sites for hydroxylation is 1. The fourth-order valence-electron chi connectivity index (χ4n) is 2.91. The Morgan fingerprint density at radius 2 is 1.96 bits per heavy atom. The molecule has 4 heteroatoms. The predicted octanol–water partition coefficient (Wildman–Crippen LogP) is 2.92. The van der Waals surface area contributed by atoms with E-state index in [4.69, 9.17) is 9.47 Å². The molecule has 0 saturated carbocycles. The number of amides is 1. The van der Waals surface area contributed by atoms with Gasteiger partial charge in [-0.3, -0.25) is 4.79 Å². The summed E-state index contributed by atoms with van der Waals surface area (Å²) in [7, 11) is 1.65. The van der Waals surface area contributed by atoms with Crippen LogP contribution in [-0.4, -0.2) is 26.2 Å². The van der Waals surface area contributed by atoms with Crippen molar-refractivity contribution < 1.29 is 14.3 Å². The van der Waals surface area contributed by atoms with Gasteiger partial charge in [-0.25, -0.2) is 0 Å². The zero-order valence-electron chi connectivity index (χ0n) is 14.0. The molecule has 126 valence electrons. The van der Waals surface area contributed by atoms with E-state index in [-0.39, 0.29) is 5.91 Å². The van der Waals surface area contributed by atoms with Crippen molar-refractivity contribution in [2.45, 2.75) is 25.7 Å². The third kappa shape index (κ3) is 4.28. The standard InChI is InChI=1S/C20H23NO3/c1-23-18-7-4-15(5-8-18)10-11-21-20(22)14-16-6-9-19-17(13-16)3-2-12-24-19/h4-9,13H,2-3,10-12,14H2,1H3,(H,21,22). The average molecular weight is 325 g/mol. The molecule has 0 unspecified atom stereocenters. The van der Waals surface area contributed by atoms with E-state index in [0.29, 0.717) is 13.0 Å². The maximum absolute atomic E-state index is 12.1. The summed E-state index contributed by atoms with van der Waals surface area (Å²) < 4.78 is 10.7. The molecule has 2 aromatic carbocycles. The summed E-state index contributed by atoms with van der Waals surface area (Å²) in [4.78, 5) is 12.1. The smallest absolute Gasteiger partial charge is 0.224 e. The number of benzene rings is 2. The minimum absolute atomic E-state index is 0.0557. The maximum atomic E-state index is 12.1. The van der Waals surface area contributed by atoms with Gasteiger partial charge in [-0.2, -0.15) is 0 Å². The molecule has 0 aromatic heterocycles. The number of rotatable bonds is 6. The summed E-state index contributed by atoms with van der Waals surface area (Å²) in [6, 6.07) is 14.0. The molecular weight excluding hydrogens is 302 g/mol. The number of hydrogen-bond acceptors (Lipinski definition) is 3. The predicted molar refractivity (Wildman–Crippen MR) is 93.7 cm³/mol. The first kappa shape index (κ1) is 16.4. The molecule has 0 atom stereocenters. The van der Waals surface area contributed by atoms with Gasteiger partial charge < -0.3 is 14.8 Å². The molecule has 2 aromatic rings. The lowest BCUT2D eigenvalue weighted by molar-refractivity contribution is -0.120. The van der Waals surface area contributed by atoms with Crippen LogP contribution in [0.25, 0.3) is 0 Å². The van der Waals surface area contributed by atoms with Gasteiger partial charge in [0.1, 0.15) is 11.5 Å². The van der Waals surface area contributed by atoms with Gasteiger partial charge in [0, 0.05) is 6.54 Å². The van der Waals surface area contributed by atoms with Crippen LogP contribution in [0.1, 0.15) is 23.1 Å². The molecule has 1 aliphatic rings. The van der Waals surface area contributed by atoms with Gasteiger partial charge >= 0.3 is 0 Å². The Morgan fingerprint density at radius 3 is 2.75 bits per heavy atom. The summed E-state index contributed by atoms with van der Waals surface area (Å²) >= 11 is 0. The Labute approximate surface area is 142 Å². The lowest BCUT2D eigenvalue weighted by Gasteiger charge is -2.17. The van der Waals surface area contributed by atoms with Crippen molar-refractivity contribution >= 4 is 5.91 Å². The number of hydrogen-bond donors (Lipinski definition) is 1. The summed E-state index contributed by atoms with van der Waals surface area (Å²) in [5, 5.41) is 2.99. The second-order valence-corrected chi connectivity index (χ2v) is 6.02. The highest BCUT2D eigenvalue weighted by atomic mass is 16.5. The largest absolute Gasteiger partial charge is 0.497 e. The van der Waals surface area contributed by atoms with E-state index in [1.807, 2.05) is 36.4 Å². The molecule has 0 aliphatic carbocycles. The van der Waals surface area contributed by atoms with Gasteiger partial charge in [0.05, 0.1) is 20.1 Å². The van der Waals surface area contributed by atoms with Crippen LogP contribution < -0.4 is 14.8 Å². The first-order valence-electron chi connectivity index (χ1n) is 8.39. The van der Waals surface area contributed by atoms with Crippen molar-refractivity contribution in [2.24, 2.45) is 0 Å². The van der Waals surface area contributed by atoms with Crippen LogP contribution in [0.2, 0.25) is 0 Å². The number of nitrogens with one attached hydrogen (secondary N) is 1. The zero-order valence-corrected chi connectivity index (χ0v) is 14.0. The first-order valence-corrected chi connectivity index (χ1v) is 8.39. The Hall–Kier alpha value is -2.49. The first-order chi connectivity index (χ1) is 11.7. The average Bonchev–Trinajstić information content (AvgIpc) is 2.62. The van der Waals surface area contributed by atoms with Crippen molar-refractivity contribution in [1.29, 1.82) is 0 Å². The van der Waals surface area contributed by atoms with Crippen molar-refractivity contribution in [2.75, 3.05) is 20.3 Å². The molecule has 0 radical (unpaired) electrons. The fraction of sp³-hybridized carbons (Fsp3) is 0.350. The van der Waals surface area contributed by atoms with Gasteiger partial charge in [-0.15, -0.1) is 0 Å². The SMILES string of the molecule is COc1ccc(CCNC(=O)Cc2ccc3c(c2)CCCO3)cc1. The molecule has 0 saturated heterocycles. The minimum Gasteiger partial charge on any atom is -0.497 e. The van der Waals surface area contributed by atoms with Crippen LogP contribution in [0.15, 0.2) is 42.5 Å². The summed E-state index contributed by atoms with van der Waals surface area (Å²) in [5.74, 6) is 1.87. The second kappa shape index (κ2) is 7.86. The Balaban J connectivity index is 1.47. The molecule has 24 heavy (non-hydrogen) atoms. The number of fused-ring (bicyclic) bond motifs is 1. The van der Waals surface area contributed by atoms with Crippen LogP contribution >= 0.6 is 0 Å². The highest BCUT2D eigenvalue weighted by Gasteiger charge is 2.12. The van der Waals surface area contributed by atoms with Crippen LogP contribution in [0.5, 0.6) is 11.5 Å². The molecule has 1 aliphatic heterocycles. The summed E-state index contributed by atoms with van der Waals surface area (Å²) in [6.45, 7) is 1.43. The zero-order chi connectivity index (χ0) is 16.8. The molecule has 1 heterocycles. The number of carbonyl (C=O) groups excluding carboxylic acids is 1. The molecule has 0 fully saturated rings. The lowest BCUT2D eigenvalue weighted by Crippen LogP contribution is -2.27. The van der Waals surface area contributed by atoms with E-state index in [0.717, 1.165) is 42.9 Å². The van der Waals surface area contributed by atoms with Crippen LogP contribution in [0, 0.1) is 0 Å². The van der Waals surface area contributed by atoms with Crippen molar-refractivity contribution in [3.63, 3.8) is 0 Å². The highest BCUT2D eigenvalue weighted by molar-refractivity contribution is 5.78. The van der Waals surface area contributed by atoms with Gasteiger partial charge in [-0.1, -0.05) is 24.3 Å². The van der Waals surface area contributed by atoms with Gasteiger partial charge in [0.15, 0.2) is 0 Å². The topological polar surface area (TPSA) is 47.6 Å². The number of carbonyl (C=O) groups is 1. The molecule has 0 bridgehead atoms. The molecular formula is C20H23NO3. The van der Waals surface area contributed by atoms with Crippen LogP contribution in [0.4, 0.5) is 0 Å².